The summed E-state index contributed by atoms with van der Waals surface area (Å²) in [6, 6.07) is 7.54. The summed E-state index contributed by atoms with van der Waals surface area (Å²) in [6.45, 7) is 1.98. The molecule has 0 bridgehead atoms. The summed E-state index contributed by atoms with van der Waals surface area (Å²) in [4.78, 5) is 4.61. The zero-order chi connectivity index (χ0) is 24.4. The number of hydrogen-bond donors (Lipinski definition) is 0. The SMILES string of the molecule is COC(OC)c1cccc(-c2noc(-c3nnn(C4=C(F)C=CCC4C)c3C3=CC=CCC3)n2)c1. The van der Waals surface area contributed by atoms with Crippen molar-refractivity contribution in [2.24, 2.45) is 5.92 Å². The third kappa shape index (κ3) is 4.40. The quantitative estimate of drug-likeness (QED) is 0.402. The van der Waals surface area contributed by atoms with Gasteiger partial charge in [0.05, 0.1) is 5.70 Å². The molecule has 2 aromatic heterocycles. The van der Waals surface area contributed by atoms with Gasteiger partial charge < -0.3 is 14.0 Å². The molecule has 0 saturated heterocycles. The van der Waals surface area contributed by atoms with E-state index < -0.39 is 6.29 Å². The molecule has 0 amide bonds. The van der Waals surface area contributed by atoms with Crippen LogP contribution in [0, 0.1) is 5.92 Å². The Morgan fingerprint density at radius 1 is 1.20 bits per heavy atom. The second-order valence-electron chi connectivity index (χ2n) is 8.48. The van der Waals surface area contributed by atoms with Crippen molar-refractivity contribution in [2.75, 3.05) is 14.2 Å². The number of hydrogen-bond acceptors (Lipinski definition) is 7. The van der Waals surface area contributed by atoms with E-state index in [2.05, 4.69) is 26.5 Å². The lowest BCUT2D eigenvalue weighted by Crippen LogP contribution is -2.14. The van der Waals surface area contributed by atoms with Gasteiger partial charge in [-0.15, -0.1) is 5.10 Å². The number of ether oxygens (including phenoxy) is 2. The van der Waals surface area contributed by atoms with Crippen LogP contribution >= 0.6 is 0 Å². The minimum atomic E-state index is -0.506. The largest absolute Gasteiger partial charge is 0.352 e. The lowest BCUT2D eigenvalue weighted by atomic mass is 9.96. The van der Waals surface area contributed by atoms with Crippen molar-refractivity contribution in [2.45, 2.75) is 32.5 Å². The standard InChI is InChI=1S/C26H26FN5O3/c1-16-9-7-14-20(27)22(16)32-23(17-10-5-4-6-11-17)21(29-31-32)25-28-24(30-35-25)18-12-8-13-19(15-18)26(33-2)34-3/h4-5,7-8,10,12-16,26H,6,9,11H2,1-3H3. The highest BCUT2D eigenvalue weighted by atomic mass is 19.1. The minimum Gasteiger partial charge on any atom is -0.352 e. The predicted molar refractivity (Wildman–Crippen MR) is 129 cm³/mol. The molecule has 1 atom stereocenters. The van der Waals surface area contributed by atoms with Crippen molar-refractivity contribution >= 4 is 11.3 Å². The molecule has 0 spiro atoms. The Bertz CT molecular complexity index is 1350. The number of rotatable bonds is 7. The fraction of sp³-hybridized carbons (Fsp3) is 0.308. The van der Waals surface area contributed by atoms with Crippen LogP contribution in [0.25, 0.3) is 34.2 Å². The van der Waals surface area contributed by atoms with E-state index in [9.17, 15) is 4.39 Å². The highest BCUT2D eigenvalue weighted by Gasteiger charge is 2.29. The fourth-order valence-electron chi connectivity index (χ4n) is 4.43. The Morgan fingerprint density at radius 2 is 2.06 bits per heavy atom. The van der Waals surface area contributed by atoms with Crippen LogP contribution in [0.4, 0.5) is 4.39 Å². The maximum Gasteiger partial charge on any atom is 0.281 e. The van der Waals surface area contributed by atoms with Crippen LogP contribution in [-0.2, 0) is 9.47 Å². The molecule has 0 fully saturated rings. The summed E-state index contributed by atoms with van der Waals surface area (Å²) in [5, 5.41) is 12.9. The molecule has 1 aromatic carbocycles. The van der Waals surface area contributed by atoms with Gasteiger partial charge >= 0.3 is 0 Å². The van der Waals surface area contributed by atoms with E-state index in [4.69, 9.17) is 14.0 Å². The van der Waals surface area contributed by atoms with Crippen molar-refractivity contribution < 1.29 is 18.4 Å². The van der Waals surface area contributed by atoms with Gasteiger partial charge in [0.1, 0.15) is 11.5 Å². The molecule has 2 heterocycles. The summed E-state index contributed by atoms with van der Waals surface area (Å²) in [5.74, 6) is 0.244. The molecular weight excluding hydrogens is 449 g/mol. The molecule has 35 heavy (non-hydrogen) atoms. The lowest BCUT2D eigenvalue weighted by Gasteiger charge is -2.21. The van der Waals surface area contributed by atoms with Gasteiger partial charge in [-0.05, 0) is 37.0 Å². The van der Waals surface area contributed by atoms with Crippen LogP contribution in [0.1, 0.15) is 43.7 Å². The van der Waals surface area contributed by atoms with Crippen molar-refractivity contribution in [3.8, 4) is 23.0 Å². The van der Waals surface area contributed by atoms with E-state index in [0.717, 1.165) is 36.0 Å². The van der Waals surface area contributed by atoms with E-state index in [1.807, 2.05) is 49.4 Å². The maximum absolute atomic E-state index is 14.9. The van der Waals surface area contributed by atoms with Crippen LogP contribution in [0.5, 0.6) is 0 Å². The van der Waals surface area contributed by atoms with Crippen LogP contribution in [-0.4, -0.2) is 39.4 Å². The Kier molecular flexibility index (Phi) is 6.52. The van der Waals surface area contributed by atoms with E-state index >= 15 is 0 Å². The van der Waals surface area contributed by atoms with Gasteiger partial charge in [0.2, 0.25) is 5.82 Å². The Labute approximate surface area is 202 Å². The van der Waals surface area contributed by atoms with E-state index in [-0.39, 0.29) is 17.6 Å². The van der Waals surface area contributed by atoms with E-state index in [0.29, 0.717) is 22.9 Å². The number of allylic oxidation sites excluding steroid dienone is 8. The monoisotopic (exact) mass is 475 g/mol. The van der Waals surface area contributed by atoms with Gasteiger partial charge in [-0.1, -0.05) is 59.8 Å². The second-order valence-corrected chi connectivity index (χ2v) is 8.48. The number of aromatic nitrogens is 5. The van der Waals surface area contributed by atoms with Crippen LogP contribution in [0.15, 0.2) is 65.0 Å². The first-order chi connectivity index (χ1) is 17.1. The second kappa shape index (κ2) is 9.89. The average molecular weight is 476 g/mol. The molecule has 0 N–H and O–H groups in total. The topological polar surface area (TPSA) is 88.1 Å². The number of nitrogens with zero attached hydrogens (tertiary/aromatic N) is 5. The first-order valence-corrected chi connectivity index (χ1v) is 11.5. The third-order valence-corrected chi connectivity index (χ3v) is 6.16. The molecule has 2 aliphatic carbocycles. The molecule has 1 unspecified atom stereocenters. The zero-order valence-electron chi connectivity index (χ0n) is 19.8. The maximum atomic E-state index is 14.9. The van der Waals surface area contributed by atoms with E-state index in [1.165, 1.54) is 6.08 Å². The fourth-order valence-corrected chi connectivity index (χ4v) is 4.43. The smallest absolute Gasteiger partial charge is 0.281 e. The molecule has 180 valence electrons. The lowest BCUT2D eigenvalue weighted by molar-refractivity contribution is -0.105. The van der Waals surface area contributed by atoms with Gasteiger partial charge in [0.25, 0.3) is 5.89 Å². The molecule has 0 saturated carbocycles. The number of halogens is 1. The summed E-state index contributed by atoms with van der Waals surface area (Å²) in [5.41, 5.74) is 4.13. The first kappa shape index (κ1) is 23.1. The molecule has 9 heteroatoms. The predicted octanol–water partition coefficient (Wildman–Crippen LogP) is 5.75. The normalized spacial score (nSPS) is 18.0. The van der Waals surface area contributed by atoms with Crippen LogP contribution in [0.3, 0.4) is 0 Å². The molecular formula is C26H26FN5O3. The number of methoxy groups -OCH3 is 2. The summed E-state index contributed by atoms with van der Waals surface area (Å²) in [7, 11) is 3.16. The van der Waals surface area contributed by atoms with Crippen molar-refractivity contribution in [3.05, 3.63) is 71.7 Å². The zero-order valence-corrected chi connectivity index (χ0v) is 19.8. The number of benzene rings is 1. The van der Waals surface area contributed by atoms with Gasteiger partial charge in [-0.3, -0.25) is 0 Å². The summed E-state index contributed by atoms with van der Waals surface area (Å²) in [6.07, 6.45) is 11.3. The minimum absolute atomic E-state index is 0.0523. The van der Waals surface area contributed by atoms with Gasteiger partial charge in [-0.25, -0.2) is 9.07 Å². The van der Waals surface area contributed by atoms with Crippen LogP contribution in [0.2, 0.25) is 0 Å². The molecule has 8 nitrogen and oxygen atoms in total. The average Bonchev–Trinajstić information content (AvgIpc) is 3.53. The van der Waals surface area contributed by atoms with Crippen molar-refractivity contribution in [3.63, 3.8) is 0 Å². The van der Waals surface area contributed by atoms with Crippen molar-refractivity contribution in [1.29, 1.82) is 0 Å². The molecule has 2 aliphatic rings. The van der Waals surface area contributed by atoms with Gasteiger partial charge in [0, 0.05) is 31.3 Å². The van der Waals surface area contributed by atoms with Gasteiger partial charge in [-0.2, -0.15) is 4.98 Å². The molecule has 0 radical (unpaired) electrons. The Hall–Kier alpha value is -3.69. The third-order valence-electron chi connectivity index (χ3n) is 6.16. The summed E-state index contributed by atoms with van der Waals surface area (Å²) >= 11 is 0. The highest BCUT2D eigenvalue weighted by molar-refractivity contribution is 5.78. The highest BCUT2D eigenvalue weighted by Crippen LogP contribution is 2.37. The molecule has 5 rings (SSSR count). The Morgan fingerprint density at radius 3 is 2.80 bits per heavy atom. The van der Waals surface area contributed by atoms with E-state index in [1.54, 1.807) is 18.9 Å². The van der Waals surface area contributed by atoms with Crippen molar-refractivity contribution in [1.82, 2.24) is 25.1 Å². The molecule has 3 aromatic rings. The first-order valence-electron chi connectivity index (χ1n) is 11.5. The Balaban J connectivity index is 1.59. The summed E-state index contributed by atoms with van der Waals surface area (Å²) < 4.78 is 32.9. The molecule has 0 aliphatic heterocycles. The van der Waals surface area contributed by atoms with Gasteiger partial charge in [0.15, 0.2) is 12.0 Å². The van der Waals surface area contributed by atoms with Crippen LogP contribution < -0.4 is 0 Å².